The van der Waals surface area contributed by atoms with E-state index in [1.54, 1.807) is 30.3 Å². The third-order valence-corrected chi connectivity index (χ3v) is 3.41. The number of ether oxygens (including phenoxy) is 3. The van der Waals surface area contributed by atoms with Crippen LogP contribution in [0.3, 0.4) is 0 Å². The van der Waals surface area contributed by atoms with E-state index in [0.717, 1.165) is 5.56 Å². The molecule has 5 heteroatoms. The van der Waals surface area contributed by atoms with Crippen LogP contribution >= 0.6 is 0 Å². The van der Waals surface area contributed by atoms with Crippen molar-refractivity contribution in [3.63, 3.8) is 0 Å². The van der Waals surface area contributed by atoms with Gasteiger partial charge in [-0.3, -0.25) is 4.79 Å². The molecule has 0 aliphatic heterocycles. The lowest BCUT2D eigenvalue weighted by Gasteiger charge is -2.10. The first-order chi connectivity index (χ1) is 11.1. The zero-order chi connectivity index (χ0) is 16.8. The molecule has 0 aliphatic rings. The second kappa shape index (κ2) is 7.45. The SMILES string of the molecule is COc1ccc(OC)c(C(=O)COC(=O)c2ccccc2C)c1. The van der Waals surface area contributed by atoms with Crippen LogP contribution in [0.1, 0.15) is 26.3 Å². The van der Waals surface area contributed by atoms with Crippen LogP contribution in [0, 0.1) is 6.92 Å². The molecule has 0 spiro atoms. The Hall–Kier alpha value is -2.82. The highest BCUT2D eigenvalue weighted by atomic mass is 16.5. The highest BCUT2D eigenvalue weighted by Gasteiger charge is 2.17. The first-order valence-corrected chi connectivity index (χ1v) is 7.04. The Morgan fingerprint density at radius 1 is 0.957 bits per heavy atom. The van der Waals surface area contributed by atoms with E-state index < -0.39 is 5.97 Å². The van der Waals surface area contributed by atoms with Crippen molar-refractivity contribution in [1.29, 1.82) is 0 Å². The largest absolute Gasteiger partial charge is 0.497 e. The van der Waals surface area contributed by atoms with Crippen LogP contribution in [-0.2, 0) is 4.74 Å². The predicted octanol–water partition coefficient (Wildman–Crippen LogP) is 3.05. The maximum atomic E-state index is 12.3. The van der Waals surface area contributed by atoms with Crippen molar-refractivity contribution in [1.82, 2.24) is 0 Å². The number of hydrogen-bond donors (Lipinski definition) is 0. The molecule has 0 aliphatic carbocycles. The van der Waals surface area contributed by atoms with Gasteiger partial charge < -0.3 is 14.2 Å². The molecular formula is C18H18O5. The molecule has 0 bridgehead atoms. The molecule has 0 radical (unpaired) electrons. The summed E-state index contributed by atoms with van der Waals surface area (Å²) in [6.45, 7) is 1.44. The Morgan fingerprint density at radius 3 is 2.35 bits per heavy atom. The Labute approximate surface area is 134 Å². The van der Waals surface area contributed by atoms with Crippen LogP contribution in [0.25, 0.3) is 0 Å². The predicted molar refractivity (Wildman–Crippen MR) is 85.3 cm³/mol. The van der Waals surface area contributed by atoms with Crippen LogP contribution in [0.2, 0.25) is 0 Å². The quantitative estimate of drug-likeness (QED) is 0.606. The first kappa shape index (κ1) is 16.5. The van der Waals surface area contributed by atoms with E-state index in [0.29, 0.717) is 22.6 Å². The summed E-state index contributed by atoms with van der Waals surface area (Å²) in [5.74, 6) is 0.0446. The second-order valence-corrected chi connectivity index (χ2v) is 4.88. The fraction of sp³-hybridized carbons (Fsp3) is 0.222. The fourth-order valence-electron chi connectivity index (χ4n) is 2.12. The molecule has 0 amide bonds. The smallest absolute Gasteiger partial charge is 0.338 e. The molecule has 2 aromatic rings. The van der Waals surface area contributed by atoms with Gasteiger partial charge >= 0.3 is 5.97 Å². The summed E-state index contributed by atoms with van der Waals surface area (Å²) in [4.78, 5) is 24.3. The number of carbonyl (C=O) groups is 2. The summed E-state index contributed by atoms with van der Waals surface area (Å²) in [5, 5.41) is 0. The molecule has 0 atom stereocenters. The lowest BCUT2D eigenvalue weighted by molar-refractivity contribution is 0.0473. The molecule has 0 unspecified atom stereocenters. The molecule has 0 heterocycles. The minimum absolute atomic E-state index is 0.310. The van der Waals surface area contributed by atoms with E-state index in [4.69, 9.17) is 14.2 Å². The van der Waals surface area contributed by atoms with E-state index in [1.807, 2.05) is 19.1 Å². The number of rotatable bonds is 6. The average Bonchev–Trinajstić information content (AvgIpc) is 2.59. The van der Waals surface area contributed by atoms with Gasteiger partial charge in [0.1, 0.15) is 11.5 Å². The molecule has 120 valence electrons. The third-order valence-electron chi connectivity index (χ3n) is 3.41. The molecule has 2 aromatic carbocycles. The van der Waals surface area contributed by atoms with Crippen LogP contribution in [0.5, 0.6) is 11.5 Å². The number of Topliss-reactive ketones (excluding diaryl/α,β-unsaturated/α-hetero) is 1. The Morgan fingerprint density at radius 2 is 1.70 bits per heavy atom. The third kappa shape index (κ3) is 3.88. The van der Waals surface area contributed by atoms with Gasteiger partial charge in [-0.25, -0.2) is 4.79 Å². The zero-order valence-corrected chi connectivity index (χ0v) is 13.3. The number of carbonyl (C=O) groups excluding carboxylic acids is 2. The van der Waals surface area contributed by atoms with E-state index in [9.17, 15) is 9.59 Å². The van der Waals surface area contributed by atoms with Crippen LogP contribution in [0.4, 0.5) is 0 Å². The van der Waals surface area contributed by atoms with Crippen molar-refractivity contribution < 1.29 is 23.8 Å². The van der Waals surface area contributed by atoms with E-state index in [-0.39, 0.29) is 12.4 Å². The summed E-state index contributed by atoms with van der Waals surface area (Å²) >= 11 is 0. The van der Waals surface area contributed by atoms with E-state index in [1.165, 1.54) is 14.2 Å². The normalized spacial score (nSPS) is 10.0. The van der Waals surface area contributed by atoms with Gasteiger partial charge in [-0.15, -0.1) is 0 Å². The number of esters is 1. The molecule has 2 rings (SSSR count). The topological polar surface area (TPSA) is 61.8 Å². The van der Waals surface area contributed by atoms with Gasteiger partial charge in [-0.1, -0.05) is 18.2 Å². The minimum atomic E-state index is -0.529. The fourth-order valence-corrected chi connectivity index (χ4v) is 2.12. The summed E-state index contributed by atoms with van der Waals surface area (Å²) in [6.07, 6.45) is 0. The number of methoxy groups -OCH3 is 2. The Balaban J connectivity index is 2.11. The summed E-state index contributed by atoms with van der Waals surface area (Å²) in [7, 11) is 2.98. The van der Waals surface area contributed by atoms with Crippen molar-refractivity contribution in [2.75, 3.05) is 20.8 Å². The van der Waals surface area contributed by atoms with Crippen molar-refractivity contribution >= 4 is 11.8 Å². The lowest BCUT2D eigenvalue weighted by atomic mass is 10.1. The first-order valence-electron chi connectivity index (χ1n) is 7.04. The zero-order valence-electron chi connectivity index (χ0n) is 13.3. The molecule has 0 saturated heterocycles. The molecular weight excluding hydrogens is 296 g/mol. The highest BCUT2D eigenvalue weighted by Crippen LogP contribution is 2.24. The van der Waals surface area contributed by atoms with Gasteiger partial charge in [0.25, 0.3) is 0 Å². The minimum Gasteiger partial charge on any atom is -0.497 e. The van der Waals surface area contributed by atoms with Crippen molar-refractivity contribution in [3.05, 3.63) is 59.2 Å². The van der Waals surface area contributed by atoms with Crippen molar-refractivity contribution in [2.24, 2.45) is 0 Å². The number of aryl methyl sites for hydroxylation is 1. The lowest BCUT2D eigenvalue weighted by Crippen LogP contribution is -2.15. The maximum Gasteiger partial charge on any atom is 0.338 e. The van der Waals surface area contributed by atoms with Gasteiger partial charge in [0.15, 0.2) is 6.61 Å². The average molecular weight is 314 g/mol. The monoisotopic (exact) mass is 314 g/mol. The van der Waals surface area contributed by atoms with Gasteiger partial charge in [0.05, 0.1) is 25.3 Å². The number of ketones is 1. The van der Waals surface area contributed by atoms with Crippen molar-refractivity contribution in [2.45, 2.75) is 6.92 Å². The maximum absolute atomic E-state index is 12.3. The van der Waals surface area contributed by atoms with Crippen LogP contribution < -0.4 is 9.47 Å². The van der Waals surface area contributed by atoms with E-state index in [2.05, 4.69) is 0 Å². The van der Waals surface area contributed by atoms with Gasteiger partial charge in [-0.2, -0.15) is 0 Å². The molecule has 0 fully saturated rings. The Bertz CT molecular complexity index is 721. The molecule has 0 saturated carbocycles. The van der Waals surface area contributed by atoms with Gasteiger partial charge in [0.2, 0.25) is 5.78 Å². The summed E-state index contributed by atoms with van der Waals surface area (Å²) in [5.41, 5.74) is 1.55. The van der Waals surface area contributed by atoms with E-state index >= 15 is 0 Å². The highest BCUT2D eigenvalue weighted by molar-refractivity contribution is 6.01. The van der Waals surface area contributed by atoms with Crippen molar-refractivity contribution in [3.8, 4) is 11.5 Å². The molecule has 0 aromatic heterocycles. The van der Waals surface area contributed by atoms with Gasteiger partial charge in [0, 0.05) is 0 Å². The summed E-state index contributed by atoms with van der Waals surface area (Å²) < 4.78 is 15.4. The number of benzene rings is 2. The van der Waals surface area contributed by atoms with Crippen LogP contribution in [-0.4, -0.2) is 32.6 Å². The second-order valence-electron chi connectivity index (χ2n) is 4.88. The molecule has 23 heavy (non-hydrogen) atoms. The standard InChI is InChI=1S/C18H18O5/c1-12-6-4-5-7-14(12)18(20)23-11-16(19)15-10-13(21-2)8-9-17(15)22-3/h4-10H,11H2,1-3H3. The van der Waals surface area contributed by atoms with Crippen LogP contribution in [0.15, 0.2) is 42.5 Å². The Kier molecular flexibility index (Phi) is 5.36. The molecule has 5 nitrogen and oxygen atoms in total. The van der Waals surface area contributed by atoms with Gasteiger partial charge in [-0.05, 0) is 36.8 Å². The molecule has 0 N–H and O–H groups in total. The number of hydrogen-bond acceptors (Lipinski definition) is 5. The summed E-state index contributed by atoms with van der Waals surface area (Å²) in [6, 6.07) is 11.9.